The van der Waals surface area contributed by atoms with Gasteiger partial charge in [-0.15, -0.1) is 0 Å². The second-order valence-electron chi connectivity index (χ2n) is 9.87. The fourth-order valence-corrected chi connectivity index (χ4v) is 3.44. The molecule has 10 nitrogen and oxygen atoms in total. The number of benzene rings is 1. The number of carbonyl (C=O) groups is 4. The van der Waals surface area contributed by atoms with Crippen LogP contribution in [0.25, 0.3) is 0 Å². The molecule has 0 saturated carbocycles. The first-order valence-electron chi connectivity index (χ1n) is 11.7. The molecule has 2 unspecified atom stereocenters. The first kappa shape index (κ1) is 29.9. The average molecular weight is 493 g/mol. The second-order valence-corrected chi connectivity index (χ2v) is 9.87. The van der Waals surface area contributed by atoms with E-state index in [-0.39, 0.29) is 25.4 Å². The van der Waals surface area contributed by atoms with E-state index in [0.717, 1.165) is 11.1 Å². The lowest BCUT2D eigenvalue weighted by Crippen LogP contribution is -2.54. The van der Waals surface area contributed by atoms with E-state index >= 15 is 0 Å². The molecule has 0 aromatic heterocycles. The molecular formula is C25H40N4O6. The quantitative estimate of drug-likeness (QED) is 0.370. The number of alkyl carbamates (subject to hydrolysis) is 1. The Hall–Kier alpha value is -3.14. The van der Waals surface area contributed by atoms with E-state index in [2.05, 4.69) is 10.6 Å². The van der Waals surface area contributed by atoms with E-state index in [9.17, 15) is 24.3 Å². The maximum atomic E-state index is 13.7. The third kappa shape index (κ3) is 9.94. The summed E-state index contributed by atoms with van der Waals surface area (Å²) in [5.41, 5.74) is 6.97. The smallest absolute Gasteiger partial charge is 0.408 e. The molecule has 5 N–H and O–H groups in total. The monoisotopic (exact) mass is 492 g/mol. The third-order valence-corrected chi connectivity index (χ3v) is 5.13. The van der Waals surface area contributed by atoms with E-state index in [1.807, 2.05) is 26.0 Å². The van der Waals surface area contributed by atoms with Crippen LogP contribution in [-0.4, -0.2) is 64.7 Å². The van der Waals surface area contributed by atoms with Crippen molar-refractivity contribution < 1.29 is 29.0 Å². The topological polar surface area (TPSA) is 151 Å². The van der Waals surface area contributed by atoms with Crippen LogP contribution in [0.3, 0.4) is 0 Å². The van der Waals surface area contributed by atoms with Crippen molar-refractivity contribution in [2.75, 3.05) is 13.2 Å². The van der Waals surface area contributed by atoms with E-state index in [1.54, 1.807) is 40.7 Å². The van der Waals surface area contributed by atoms with Gasteiger partial charge in [-0.3, -0.25) is 14.4 Å². The Bertz CT molecular complexity index is 910. The maximum absolute atomic E-state index is 13.7. The Morgan fingerprint density at radius 3 is 2.20 bits per heavy atom. The Balaban J connectivity index is 3.47. The molecule has 0 fully saturated rings. The molecule has 0 heterocycles. The van der Waals surface area contributed by atoms with Crippen molar-refractivity contribution in [2.24, 2.45) is 5.73 Å². The van der Waals surface area contributed by atoms with Crippen LogP contribution >= 0.6 is 0 Å². The van der Waals surface area contributed by atoms with Crippen molar-refractivity contribution >= 4 is 23.8 Å². The molecule has 0 aliphatic carbocycles. The third-order valence-electron chi connectivity index (χ3n) is 5.13. The number of hydrogen-bond acceptors (Lipinski definition) is 6. The summed E-state index contributed by atoms with van der Waals surface area (Å²) in [6, 6.07) is 2.94. The number of aryl methyl sites for hydroxylation is 2. The molecule has 0 radical (unpaired) electrons. The van der Waals surface area contributed by atoms with Gasteiger partial charge in [-0.1, -0.05) is 18.2 Å². The van der Waals surface area contributed by atoms with Crippen molar-refractivity contribution in [2.45, 2.75) is 85.0 Å². The van der Waals surface area contributed by atoms with Crippen LogP contribution < -0.4 is 16.4 Å². The average Bonchev–Trinajstić information content (AvgIpc) is 2.70. The number of ether oxygens (including phenoxy) is 1. The Kier molecular flexibility index (Phi) is 11.2. The highest BCUT2D eigenvalue weighted by Crippen LogP contribution is 2.25. The van der Waals surface area contributed by atoms with Crippen LogP contribution in [-0.2, 0) is 19.1 Å². The van der Waals surface area contributed by atoms with Crippen molar-refractivity contribution in [3.63, 3.8) is 0 Å². The summed E-state index contributed by atoms with van der Waals surface area (Å²) in [5.74, 6) is -1.73. The minimum atomic E-state index is -1.20. The first-order chi connectivity index (χ1) is 16.2. The number of aliphatic hydroxyl groups is 1. The summed E-state index contributed by atoms with van der Waals surface area (Å²) in [6.07, 6.45) is -1.12. The lowest BCUT2D eigenvalue weighted by atomic mass is 9.97. The van der Waals surface area contributed by atoms with Crippen LogP contribution in [0.4, 0.5) is 4.79 Å². The molecule has 35 heavy (non-hydrogen) atoms. The molecule has 0 spiro atoms. The summed E-state index contributed by atoms with van der Waals surface area (Å²) in [4.78, 5) is 52.1. The normalized spacial score (nSPS) is 13.1. The van der Waals surface area contributed by atoms with Crippen LogP contribution in [0.5, 0.6) is 0 Å². The number of primary amides is 1. The molecular weight excluding hydrogens is 452 g/mol. The maximum Gasteiger partial charge on any atom is 0.408 e. The van der Waals surface area contributed by atoms with Gasteiger partial charge in [0.05, 0.1) is 6.61 Å². The van der Waals surface area contributed by atoms with Gasteiger partial charge in [-0.25, -0.2) is 4.79 Å². The molecule has 0 bridgehead atoms. The van der Waals surface area contributed by atoms with E-state index in [4.69, 9.17) is 10.5 Å². The first-order valence-corrected chi connectivity index (χ1v) is 11.7. The highest BCUT2D eigenvalue weighted by atomic mass is 16.6. The predicted molar refractivity (Wildman–Crippen MR) is 132 cm³/mol. The van der Waals surface area contributed by atoms with Gasteiger partial charge in [0.2, 0.25) is 17.7 Å². The van der Waals surface area contributed by atoms with Crippen LogP contribution in [0.1, 0.15) is 70.2 Å². The van der Waals surface area contributed by atoms with Crippen molar-refractivity contribution in [1.82, 2.24) is 15.5 Å². The lowest BCUT2D eigenvalue weighted by molar-refractivity contribution is -0.143. The number of hydrogen-bond donors (Lipinski definition) is 4. The molecule has 1 rings (SSSR count). The number of nitrogens with zero attached hydrogens (tertiary/aromatic N) is 1. The van der Waals surface area contributed by atoms with Gasteiger partial charge in [0.25, 0.3) is 0 Å². The van der Waals surface area contributed by atoms with Crippen molar-refractivity contribution in [3.05, 3.63) is 34.9 Å². The van der Waals surface area contributed by atoms with Gasteiger partial charge < -0.3 is 31.1 Å². The van der Waals surface area contributed by atoms with Gasteiger partial charge in [0.15, 0.2) is 0 Å². The minimum absolute atomic E-state index is 0.0964. The molecule has 0 aliphatic heterocycles. The molecule has 10 heteroatoms. The SMILES string of the molecule is Cc1ccc(C(C(=O)NC(C)C)N(CCO)C(=O)C(CCC(N)=O)NC(=O)OC(C)(C)C)cc1C. The molecule has 0 aliphatic rings. The fourth-order valence-electron chi connectivity index (χ4n) is 3.44. The summed E-state index contributed by atoms with van der Waals surface area (Å²) in [7, 11) is 0. The summed E-state index contributed by atoms with van der Waals surface area (Å²) in [6.45, 7) is 11.9. The van der Waals surface area contributed by atoms with Crippen LogP contribution in [0.15, 0.2) is 18.2 Å². The van der Waals surface area contributed by atoms with E-state index in [1.165, 1.54) is 4.90 Å². The lowest BCUT2D eigenvalue weighted by Gasteiger charge is -2.34. The summed E-state index contributed by atoms with van der Waals surface area (Å²) < 4.78 is 5.27. The number of carbonyl (C=O) groups excluding carboxylic acids is 4. The highest BCUT2D eigenvalue weighted by molar-refractivity contribution is 5.92. The van der Waals surface area contributed by atoms with Crippen LogP contribution in [0, 0.1) is 13.8 Å². The van der Waals surface area contributed by atoms with Crippen molar-refractivity contribution in [1.29, 1.82) is 0 Å². The zero-order valence-corrected chi connectivity index (χ0v) is 21.8. The molecule has 0 saturated heterocycles. The van der Waals surface area contributed by atoms with Gasteiger partial charge in [0, 0.05) is 19.0 Å². The van der Waals surface area contributed by atoms with Crippen LogP contribution in [0.2, 0.25) is 0 Å². The predicted octanol–water partition coefficient (Wildman–Crippen LogP) is 1.85. The summed E-state index contributed by atoms with van der Waals surface area (Å²) >= 11 is 0. The zero-order valence-electron chi connectivity index (χ0n) is 21.8. The van der Waals surface area contributed by atoms with E-state index in [0.29, 0.717) is 5.56 Å². The highest BCUT2D eigenvalue weighted by Gasteiger charge is 2.36. The number of rotatable bonds is 11. The molecule has 196 valence electrons. The van der Waals surface area contributed by atoms with Gasteiger partial charge >= 0.3 is 6.09 Å². The molecule has 2 atom stereocenters. The molecule has 1 aromatic rings. The van der Waals surface area contributed by atoms with Gasteiger partial charge in [-0.05, 0) is 71.6 Å². The number of nitrogens with two attached hydrogens (primary N) is 1. The number of nitrogens with one attached hydrogen (secondary N) is 2. The standard InChI is InChI=1S/C25H40N4O6/c1-15(2)27-22(32)21(18-9-8-16(3)17(4)14-18)29(12-13-30)23(33)19(10-11-20(26)31)28-24(34)35-25(5,6)7/h8-9,14-15,19,21,30H,10-13H2,1-7H3,(H2,26,31)(H,27,32)(H,28,34). The Morgan fingerprint density at radius 1 is 1.09 bits per heavy atom. The van der Waals surface area contributed by atoms with E-state index < -0.39 is 48.1 Å². The van der Waals surface area contributed by atoms with Crippen molar-refractivity contribution in [3.8, 4) is 0 Å². The van der Waals surface area contributed by atoms with Gasteiger partial charge in [-0.2, -0.15) is 0 Å². The Morgan fingerprint density at radius 2 is 1.71 bits per heavy atom. The van der Waals surface area contributed by atoms with Gasteiger partial charge in [0.1, 0.15) is 17.7 Å². The second kappa shape index (κ2) is 13.1. The molecule has 4 amide bonds. The zero-order chi connectivity index (χ0) is 26.9. The minimum Gasteiger partial charge on any atom is -0.444 e. The Labute approximate surface area is 207 Å². The summed E-state index contributed by atoms with van der Waals surface area (Å²) in [5, 5.41) is 15.1. The molecule has 1 aromatic carbocycles. The number of aliphatic hydroxyl groups excluding tert-OH is 1. The fraction of sp³-hybridized carbons (Fsp3) is 0.600. The largest absolute Gasteiger partial charge is 0.444 e. The number of amides is 4.